The number of benzene rings is 8. The third-order valence-corrected chi connectivity index (χ3v) is 10.4. The van der Waals surface area contributed by atoms with Crippen molar-refractivity contribution in [3.63, 3.8) is 0 Å². The van der Waals surface area contributed by atoms with Crippen molar-refractivity contribution >= 4 is 54.6 Å². The van der Waals surface area contributed by atoms with Crippen LogP contribution in [-0.4, -0.2) is 15.0 Å². The summed E-state index contributed by atoms with van der Waals surface area (Å²) in [7, 11) is 0. The van der Waals surface area contributed by atoms with E-state index in [0.717, 1.165) is 93.6 Å². The van der Waals surface area contributed by atoms with E-state index in [1.54, 1.807) is 0 Å². The molecule has 0 aliphatic heterocycles. The van der Waals surface area contributed by atoms with Crippen molar-refractivity contribution in [3.05, 3.63) is 176 Å². The number of aromatic nitrogens is 3. The van der Waals surface area contributed by atoms with Gasteiger partial charge in [-0.2, -0.15) is 0 Å². The number of rotatable bonds is 5. The molecule has 0 bridgehead atoms. The normalized spacial score (nSPS) is 11.7. The van der Waals surface area contributed by atoms with E-state index in [-0.39, 0.29) is 0 Å². The molecule has 0 unspecified atom stereocenters. The Balaban J connectivity index is 1.15. The third-order valence-electron chi connectivity index (χ3n) is 10.4. The summed E-state index contributed by atoms with van der Waals surface area (Å²) in [6, 6.07) is 60.4. The van der Waals surface area contributed by atoms with Crippen molar-refractivity contribution < 1.29 is 8.83 Å². The Morgan fingerprint density at radius 2 is 0.833 bits per heavy atom. The Bertz CT molecular complexity index is 3200. The van der Waals surface area contributed by atoms with Gasteiger partial charge < -0.3 is 8.83 Å². The first-order chi connectivity index (χ1) is 26.7. The smallest absolute Gasteiger partial charge is 0.164 e. The van der Waals surface area contributed by atoms with Crippen LogP contribution in [0.4, 0.5) is 0 Å². The molecule has 8 aromatic carbocycles. The summed E-state index contributed by atoms with van der Waals surface area (Å²) in [5, 5.41) is 6.13. The fourth-order valence-electron chi connectivity index (χ4n) is 7.71. The monoisotopic (exact) mass is 691 g/mol. The Morgan fingerprint density at radius 1 is 0.278 bits per heavy atom. The van der Waals surface area contributed by atoms with Crippen LogP contribution in [0, 0.1) is 0 Å². The average molecular weight is 692 g/mol. The van der Waals surface area contributed by atoms with Crippen LogP contribution in [0.2, 0.25) is 0 Å². The number of para-hydroxylation sites is 2. The molecule has 0 spiro atoms. The lowest BCUT2D eigenvalue weighted by atomic mass is 9.98. The third kappa shape index (κ3) is 4.90. The van der Waals surface area contributed by atoms with E-state index in [9.17, 15) is 0 Å². The highest BCUT2D eigenvalue weighted by Crippen LogP contribution is 2.42. The summed E-state index contributed by atoms with van der Waals surface area (Å²) in [5.41, 5.74) is 10.5. The van der Waals surface area contributed by atoms with Gasteiger partial charge in [-0.1, -0.05) is 146 Å². The lowest BCUT2D eigenvalue weighted by Crippen LogP contribution is -2.00. The standard InChI is InChI=1S/C49H29N3O2/c1-3-12-30(13-4-1)31-22-24-33(25-23-31)47-50-48(34-26-27-44-40(28-34)37-17-9-10-21-43(37)53-44)52-49(51-47)42-29-41-39-20-11-19-35(32-14-5-2-6-15-32)45(39)54-46(41)38-18-8-7-16-36(38)42/h1-29H. The van der Waals surface area contributed by atoms with E-state index in [2.05, 4.69) is 133 Å². The summed E-state index contributed by atoms with van der Waals surface area (Å²) in [6.07, 6.45) is 0. The molecular weight excluding hydrogens is 663 g/mol. The minimum atomic E-state index is 0.585. The number of hydrogen-bond donors (Lipinski definition) is 0. The van der Waals surface area contributed by atoms with Crippen LogP contribution in [0.15, 0.2) is 185 Å². The first-order valence-corrected chi connectivity index (χ1v) is 18.0. The van der Waals surface area contributed by atoms with Crippen molar-refractivity contribution in [1.82, 2.24) is 15.0 Å². The fourth-order valence-corrected chi connectivity index (χ4v) is 7.71. The van der Waals surface area contributed by atoms with E-state index < -0.39 is 0 Å². The number of hydrogen-bond acceptors (Lipinski definition) is 5. The molecule has 0 radical (unpaired) electrons. The molecule has 0 saturated heterocycles. The second-order valence-corrected chi connectivity index (χ2v) is 13.6. The van der Waals surface area contributed by atoms with Crippen molar-refractivity contribution in [2.75, 3.05) is 0 Å². The summed E-state index contributed by atoms with van der Waals surface area (Å²) in [6.45, 7) is 0. The lowest BCUT2D eigenvalue weighted by molar-refractivity contribution is 0.669. The fraction of sp³-hybridized carbons (Fsp3) is 0. The van der Waals surface area contributed by atoms with Gasteiger partial charge in [0, 0.05) is 49.2 Å². The van der Waals surface area contributed by atoms with E-state index in [0.29, 0.717) is 17.5 Å². The van der Waals surface area contributed by atoms with Crippen LogP contribution < -0.4 is 0 Å². The molecule has 11 rings (SSSR count). The quantitative estimate of drug-likeness (QED) is 0.180. The minimum Gasteiger partial charge on any atom is -0.456 e. The molecule has 0 saturated carbocycles. The van der Waals surface area contributed by atoms with Crippen LogP contribution in [-0.2, 0) is 0 Å². The van der Waals surface area contributed by atoms with Gasteiger partial charge in [0.05, 0.1) is 0 Å². The zero-order valence-corrected chi connectivity index (χ0v) is 28.9. The molecule has 0 aliphatic carbocycles. The van der Waals surface area contributed by atoms with Crippen LogP contribution in [0.25, 0.3) is 111 Å². The summed E-state index contributed by atoms with van der Waals surface area (Å²) >= 11 is 0. The zero-order valence-electron chi connectivity index (χ0n) is 28.9. The maximum atomic E-state index is 6.78. The van der Waals surface area contributed by atoms with E-state index in [1.165, 1.54) is 0 Å². The van der Waals surface area contributed by atoms with E-state index in [1.807, 2.05) is 42.5 Å². The van der Waals surface area contributed by atoms with Gasteiger partial charge in [0.2, 0.25) is 0 Å². The van der Waals surface area contributed by atoms with Gasteiger partial charge in [0.15, 0.2) is 17.5 Å². The highest BCUT2D eigenvalue weighted by molar-refractivity contribution is 6.20. The van der Waals surface area contributed by atoms with Gasteiger partial charge in [-0.3, -0.25) is 0 Å². The second kappa shape index (κ2) is 12.1. The molecule has 5 heteroatoms. The molecule has 54 heavy (non-hydrogen) atoms. The molecule has 5 nitrogen and oxygen atoms in total. The molecule has 252 valence electrons. The molecule has 0 fully saturated rings. The molecule has 0 N–H and O–H groups in total. The van der Waals surface area contributed by atoms with Gasteiger partial charge in [-0.25, -0.2) is 15.0 Å². The maximum absolute atomic E-state index is 6.78. The van der Waals surface area contributed by atoms with Crippen LogP contribution >= 0.6 is 0 Å². The highest BCUT2D eigenvalue weighted by atomic mass is 16.3. The van der Waals surface area contributed by atoms with Crippen LogP contribution in [0.3, 0.4) is 0 Å². The molecule has 3 aromatic heterocycles. The Hall–Kier alpha value is -7.37. The summed E-state index contributed by atoms with van der Waals surface area (Å²) < 4.78 is 13.0. The zero-order chi connectivity index (χ0) is 35.6. The van der Waals surface area contributed by atoms with E-state index in [4.69, 9.17) is 23.8 Å². The summed E-state index contributed by atoms with van der Waals surface area (Å²) in [4.78, 5) is 15.6. The Labute approximate surface area is 309 Å². The van der Waals surface area contributed by atoms with Gasteiger partial charge in [-0.15, -0.1) is 0 Å². The van der Waals surface area contributed by atoms with Crippen LogP contribution in [0.5, 0.6) is 0 Å². The predicted octanol–water partition coefficient (Wildman–Crippen LogP) is 13.2. The topological polar surface area (TPSA) is 65.0 Å². The van der Waals surface area contributed by atoms with Crippen molar-refractivity contribution in [3.8, 4) is 56.4 Å². The number of nitrogens with zero attached hydrogens (tertiary/aromatic N) is 3. The highest BCUT2D eigenvalue weighted by Gasteiger charge is 2.21. The molecule has 0 aliphatic rings. The molecule has 0 amide bonds. The lowest BCUT2D eigenvalue weighted by Gasteiger charge is -2.11. The molecule has 11 aromatic rings. The van der Waals surface area contributed by atoms with Gasteiger partial charge in [-0.05, 0) is 52.4 Å². The van der Waals surface area contributed by atoms with Gasteiger partial charge in [0.25, 0.3) is 0 Å². The Kier molecular flexibility index (Phi) is 6.79. The minimum absolute atomic E-state index is 0.585. The second-order valence-electron chi connectivity index (χ2n) is 13.6. The first-order valence-electron chi connectivity index (χ1n) is 18.0. The van der Waals surface area contributed by atoms with Crippen molar-refractivity contribution in [2.24, 2.45) is 0 Å². The van der Waals surface area contributed by atoms with Crippen LogP contribution in [0.1, 0.15) is 0 Å². The predicted molar refractivity (Wildman–Crippen MR) is 219 cm³/mol. The number of furan rings is 2. The van der Waals surface area contributed by atoms with Crippen molar-refractivity contribution in [1.29, 1.82) is 0 Å². The summed E-state index contributed by atoms with van der Waals surface area (Å²) in [5.74, 6) is 1.77. The largest absolute Gasteiger partial charge is 0.456 e. The van der Waals surface area contributed by atoms with Gasteiger partial charge in [0.1, 0.15) is 22.3 Å². The molecule has 3 heterocycles. The van der Waals surface area contributed by atoms with Crippen molar-refractivity contribution in [2.45, 2.75) is 0 Å². The first kappa shape index (κ1) is 30.3. The average Bonchev–Trinajstić information content (AvgIpc) is 3.82. The van der Waals surface area contributed by atoms with E-state index >= 15 is 0 Å². The maximum Gasteiger partial charge on any atom is 0.164 e. The number of fused-ring (bicyclic) bond motifs is 8. The molecular formula is C49H29N3O2. The van der Waals surface area contributed by atoms with Gasteiger partial charge >= 0.3 is 0 Å². The Morgan fingerprint density at radius 3 is 1.63 bits per heavy atom. The SMILES string of the molecule is c1ccc(-c2ccc(-c3nc(-c4ccc5oc6ccccc6c5c4)nc(-c4cc5c6cccc(-c7ccccc7)c6oc5c5ccccc45)n3)cc2)cc1. The molecule has 0 atom stereocenters.